The highest BCUT2D eigenvalue weighted by molar-refractivity contribution is 5.89. The Bertz CT molecular complexity index is 1760. The highest BCUT2D eigenvalue weighted by Crippen LogP contribution is 2.43. The summed E-state index contributed by atoms with van der Waals surface area (Å²) in [5, 5.41) is 125. The van der Waals surface area contributed by atoms with Crippen molar-refractivity contribution in [1.29, 1.82) is 0 Å². The standard InChI is InChI=1S/C34H42O20/c1-11-22(38)25(41)28(44)32(49-11)48-10-21-24(40)27(43)30(46)34(54-21)52-19-8-14-16(50-31(19)12-3-4-15(37)18(5-12)47-2)6-13(36)7-17(14)51-33-29(45)26(42)23(39)20(9-35)53-33/h3-8,11,20-30,32-35,38-46H,9-10H2,1-2H3,(H-,36,37)/p+1/t11?,20?,21?,22-,23+,24+,25-,26-,27?,28?,29?,30?,32+,33+,34+/m0/s1. The fraction of sp³-hybridized carbons (Fsp3) is 0.559. The van der Waals surface area contributed by atoms with Crippen molar-refractivity contribution in [3.8, 4) is 40.1 Å². The molecule has 7 unspecified atom stereocenters. The fourth-order valence-corrected chi connectivity index (χ4v) is 6.28. The second-order valence-electron chi connectivity index (χ2n) is 13.1. The third-order valence-corrected chi connectivity index (χ3v) is 9.48. The minimum atomic E-state index is -1.91. The van der Waals surface area contributed by atoms with E-state index >= 15 is 0 Å². The van der Waals surface area contributed by atoms with Crippen molar-refractivity contribution in [2.45, 2.75) is 99.0 Å². The number of fused-ring (bicyclic) bond motifs is 1. The molecule has 2 aromatic carbocycles. The zero-order valence-electron chi connectivity index (χ0n) is 28.7. The summed E-state index contributed by atoms with van der Waals surface area (Å²) in [6.45, 7) is 0.110. The highest BCUT2D eigenvalue weighted by Gasteiger charge is 2.49. The molecule has 15 atom stereocenters. The van der Waals surface area contributed by atoms with Gasteiger partial charge in [-0.3, -0.25) is 0 Å². The Morgan fingerprint density at radius 3 is 1.87 bits per heavy atom. The number of aliphatic hydroxyl groups is 10. The molecule has 3 aliphatic rings. The lowest BCUT2D eigenvalue weighted by Gasteiger charge is -2.42. The van der Waals surface area contributed by atoms with E-state index in [0.717, 1.165) is 6.07 Å². The van der Waals surface area contributed by atoms with Crippen LogP contribution in [-0.4, -0.2) is 174 Å². The van der Waals surface area contributed by atoms with Crippen LogP contribution in [0.5, 0.6) is 28.7 Å². The van der Waals surface area contributed by atoms with E-state index in [1.807, 2.05) is 0 Å². The third-order valence-electron chi connectivity index (χ3n) is 9.48. The number of ether oxygens (including phenoxy) is 7. The van der Waals surface area contributed by atoms with Gasteiger partial charge in [-0.25, -0.2) is 4.42 Å². The summed E-state index contributed by atoms with van der Waals surface area (Å²) < 4.78 is 45.5. The van der Waals surface area contributed by atoms with Gasteiger partial charge < -0.3 is 94.4 Å². The molecule has 0 radical (unpaired) electrons. The van der Waals surface area contributed by atoms with E-state index in [0.29, 0.717) is 0 Å². The number of phenols is 2. The van der Waals surface area contributed by atoms with Crippen LogP contribution in [0.3, 0.4) is 0 Å². The van der Waals surface area contributed by atoms with E-state index in [1.54, 1.807) is 0 Å². The van der Waals surface area contributed by atoms with E-state index in [9.17, 15) is 61.3 Å². The smallest absolute Gasteiger partial charge is 0.402 e. The monoisotopic (exact) mass is 771 g/mol. The minimum absolute atomic E-state index is 0.0140. The molecule has 3 aromatic rings. The van der Waals surface area contributed by atoms with Crippen molar-refractivity contribution in [3.63, 3.8) is 0 Å². The Balaban J connectivity index is 1.36. The molecule has 3 aliphatic heterocycles. The Morgan fingerprint density at radius 1 is 0.630 bits per heavy atom. The Labute approximate surface area is 305 Å². The number of rotatable bonds is 10. The van der Waals surface area contributed by atoms with Crippen molar-refractivity contribution in [3.05, 3.63) is 36.4 Å². The summed E-state index contributed by atoms with van der Waals surface area (Å²) in [5.41, 5.74) is 0.147. The van der Waals surface area contributed by atoms with Gasteiger partial charge in [-0.15, -0.1) is 0 Å². The highest BCUT2D eigenvalue weighted by atomic mass is 16.7. The lowest BCUT2D eigenvalue weighted by molar-refractivity contribution is -0.318. The molecular weight excluding hydrogens is 728 g/mol. The maximum Gasteiger partial charge on any atom is 0.402 e. The van der Waals surface area contributed by atoms with Crippen molar-refractivity contribution < 1.29 is 98.9 Å². The molecule has 20 nitrogen and oxygen atoms in total. The van der Waals surface area contributed by atoms with Crippen molar-refractivity contribution in [2.75, 3.05) is 20.3 Å². The van der Waals surface area contributed by atoms with Crippen LogP contribution in [0.2, 0.25) is 0 Å². The van der Waals surface area contributed by atoms with Gasteiger partial charge in [-0.05, 0) is 19.1 Å². The van der Waals surface area contributed by atoms with E-state index in [2.05, 4.69) is 0 Å². The zero-order chi connectivity index (χ0) is 39.2. The van der Waals surface area contributed by atoms with Gasteiger partial charge in [-0.1, -0.05) is 0 Å². The molecule has 0 bridgehead atoms. The van der Waals surface area contributed by atoms with Crippen LogP contribution < -0.4 is 14.2 Å². The maximum absolute atomic E-state index is 11.0. The SMILES string of the molecule is COc1cc(-c2[o+]c3cc(O)cc(O[C@@H]4OC(CO)[C@@H](O)[C@H](O)C4O)c3cc2O[C@@H]2OC(CO[C@@H]3OC(C)[C@H](O)[C@H](O)C3O)[C@@H](O)C(O)C2O)ccc1O. The van der Waals surface area contributed by atoms with Crippen LogP contribution in [0.4, 0.5) is 0 Å². The molecule has 1 aromatic heterocycles. The lowest BCUT2D eigenvalue weighted by atomic mass is 9.98. The van der Waals surface area contributed by atoms with Crippen molar-refractivity contribution in [2.24, 2.45) is 0 Å². The predicted molar refractivity (Wildman–Crippen MR) is 176 cm³/mol. The maximum atomic E-state index is 11.0. The summed E-state index contributed by atoms with van der Waals surface area (Å²) in [4.78, 5) is 0. The van der Waals surface area contributed by atoms with Crippen LogP contribution in [-0.2, 0) is 18.9 Å². The van der Waals surface area contributed by atoms with Crippen molar-refractivity contribution in [1.82, 2.24) is 0 Å². The fourth-order valence-electron chi connectivity index (χ4n) is 6.28. The normalized spacial score (nSPS) is 37.2. The molecule has 12 N–H and O–H groups in total. The first-order chi connectivity index (χ1) is 25.6. The van der Waals surface area contributed by atoms with Crippen molar-refractivity contribution >= 4 is 11.0 Å². The van der Waals surface area contributed by atoms with Gasteiger partial charge in [-0.2, -0.15) is 0 Å². The molecule has 4 heterocycles. The topological polar surface area (TPSA) is 319 Å². The molecule has 20 heteroatoms. The van der Waals surface area contributed by atoms with Gasteiger partial charge in [0, 0.05) is 18.2 Å². The summed E-state index contributed by atoms with van der Waals surface area (Å²) in [6, 6.07) is 7.66. The molecular formula is C34H43O20+. The molecule has 54 heavy (non-hydrogen) atoms. The number of aromatic hydroxyl groups is 2. The zero-order valence-corrected chi connectivity index (χ0v) is 28.7. The first-order valence-corrected chi connectivity index (χ1v) is 16.8. The first kappa shape index (κ1) is 40.0. The van der Waals surface area contributed by atoms with Crippen LogP contribution in [0.1, 0.15) is 6.92 Å². The molecule has 0 saturated carbocycles. The van der Waals surface area contributed by atoms with Crippen LogP contribution in [0, 0.1) is 0 Å². The van der Waals surface area contributed by atoms with E-state index in [4.69, 9.17) is 37.6 Å². The summed E-state index contributed by atoms with van der Waals surface area (Å²) >= 11 is 0. The average molecular weight is 772 g/mol. The number of benzene rings is 2. The van der Waals surface area contributed by atoms with Crippen LogP contribution >= 0.6 is 0 Å². The van der Waals surface area contributed by atoms with E-state index in [1.165, 1.54) is 44.4 Å². The second-order valence-corrected chi connectivity index (χ2v) is 13.1. The largest absolute Gasteiger partial charge is 0.507 e. The van der Waals surface area contributed by atoms with Gasteiger partial charge in [0.1, 0.15) is 84.0 Å². The molecule has 0 amide bonds. The second kappa shape index (κ2) is 16.2. The van der Waals surface area contributed by atoms with Gasteiger partial charge in [0.05, 0.1) is 38.1 Å². The molecule has 6 rings (SSSR count). The van der Waals surface area contributed by atoms with Gasteiger partial charge in [0.25, 0.3) is 0 Å². The third kappa shape index (κ3) is 7.72. The number of phenolic OH excluding ortho intramolecular Hbond substituents is 2. The first-order valence-electron chi connectivity index (χ1n) is 16.8. The quantitative estimate of drug-likeness (QED) is 0.0915. The average Bonchev–Trinajstić information content (AvgIpc) is 3.15. The van der Waals surface area contributed by atoms with E-state index in [-0.39, 0.29) is 45.3 Å². The molecule has 3 fully saturated rings. The number of hydrogen-bond acceptors (Lipinski definition) is 19. The number of hydrogen-bond donors (Lipinski definition) is 12. The molecule has 0 spiro atoms. The van der Waals surface area contributed by atoms with Crippen LogP contribution in [0.15, 0.2) is 40.8 Å². The molecule has 3 saturated heterocycles. The lowest BCUT2D eigenvalue weighted by Crippen LogP contribution is -2.61. The van der Waals surface area contributed by atoms with Crippen LogP contribution in [0.25, 0.3) is 22.3 Å². The number of aliphatic hydroxyl groups excluding tert-OH is 10. The Kier molecular flexibility index (Phi) is 12.0. The molecule has 298 valence electrons. The predicted octanol–water partition coefficient (Wildman–Crippen LogP) is -2.99. The Hall–Kier alpha value is -3.71. The van der Waals surface area contributed by atoms with E-state index < -0.39 is 111 Å². The van der Waals surface area contributed by atoms with Gasteiger partial charge in [0.2, 0.25) is 18.3 Å². The summed E-state index contributed by atoms with van der Waals surface area (Å²) in [7, 11) is 1.30. The van der Waals surface area contributed by atoms with Gasteiger partial charge in [0.15, 0.2) is 17.8 Å². The molecule has 0 aliphatic carbocycles. The summed E-state index contributed by atoms with van der Waals surface area (Å²) in [5.74, 6) is -1.19. The Morgan fingerprint density at radius 2 is 1.22 bits per heavy atom. The minimum Gasteiger partial charge on any atom is -0.507 e. The number of methoxy groups -OCH3 is 1. The van der Waals surface area contributed by atoms with Gasteiger partial charge >= 0.3 is 11.3 Å². The summed E-state index contributed by atoms with van der Waals surface area (Å²) in [6.07, 6.45) is -24.2.